The van der Waals surface area contributed by atoms with E-state index in [0.29, 0.717) is 24.7 Å². The molecule has 0 aliphatic rings. The van der Waals surface area contributed by atoms with Gasteiger partial charge in [0, 0.05) is 25.9 Å². The molecule has 1 aromatic rings. The van der Waals surface area contributed by atoms with Crippen LogP contribution in [0, 0.1) is 0 Å². The van der Waals surface area contributed by atoms with Gasteiger partial charge in [-0.2, -0.15) is 4.98 Å². The van der Waals surface area contributed by atoms with Crippen LogP contribution < -0.4 is 0 Å². The molecule has 1 atom stereocenters. The largest absolute Gasteiger partial charge is 0.344 e. The van der Waals surface area contributed by atoms with Crippen molar-refractivity contribution in [2.45, 2.75) is 39.2 Å². The lowest BCUT2D eigenvalue weighted by atomic mass is 10.2. The number of hydrogen-bond acceptors (Lipinski definition) is 5. The molecule has 1 heterocycles. The Labute approximate surface area is 114 Å². The summed E-state index contributed by atoms with van der Waals surface area (Å²) in [6.07, 6.45) is 0.610. The third kappa shape index (κ3) is 4.31. The number of carbonyl (C=O) groups excluding carboxylic acids is 1. The molecule has 0 saturated heterocycles. The highest BCUT2D eigenvalue weighted by Crippen LogP contribution is 2.11. The summed E-state index contributed by atoms with van der Waals surface area (Å²) < 4.78 is 5.13. The molecular formula is C13H24N4O2. The molecule has 0 aliphatic carbocycles. The standard InChI is InChI=1S/C13H24N4O2/c1-9(2)12-14-11(15-19-12)7-8-17(6)13(18)10(3)16(4)5/h9-10H,7-8H2,1-6H3/t10-/m1/s1. The van der Waals surface area contributed by atoms with Crippen LogP contribution in [0.4, 0.5) is 0 Å². The van der Waals surface area contributed by atoms with Crippen molar-refractivity contribution >= 4 is 5.91 Å². The van der Waals surface area contributed by atoms with Crippen LogP contribution in [0.15, 0.2) is 4.52 Å². The number of rotatable bonds is 6. The minimum atomic E-state index is -0.124. The Morgan fingerprint density at radius 2 is 1.89 bits per heavy atom. The number of hydrogen-bond donors (Lipinski definition) is 0. The van der Waals surface area contributed by atoms with E-state index in [1.807, 2.05) is 39.8 Å². The molecule has 0 aromatic carbocycles. The van der Waals surface area contributed by atoms with E-state index in [1.165, 1.54) is 0 Å². The highest BCUT2D eigenvalue weighted by atomic mass is 16.5. The molecule has 0 radical (unpaired) electrons. The van der Waals surface area contributed by atoms with Gasteiger partial charge in [-0.15, -0.1) is 0 Å². The summed E-state index contributed by atoms with van der Waals surface area (Å²) in [4.78, 5) is 19.9. The predicted molar refractivity (Wildman–Crippen MR) is 72.9 cm³/mol. The summed E-state index contributed by atoms with van der Waals surface area (Å²) in [7, 11) is 5.58. The Hall–Kier alpha value is -1.43. The average molecular weight is 268 g/mol. The second-order valence-electron chi connectivity index (χ2n) is 5.35. The van der Waals surface area contributed by atoms with Gasteiger partial charge in [0.05, 0.1) is 6.04 Å². The third-order valence-electron chi connectivity index (χ3n) is 3.16. The van der Waals surface area contributed by atoms with Crippen molar-refractivity contribution in [1.29, 1.82) is 0 Å². The number of aromatic nitrogens is 2. The van der Waals surface area contributed by atoms with Gasteiger partial charge in [0.2, 0.25) is 11.8 Å². The van der Waals surface area contributed by atoms with Gasteiger partial charge in [0.15, 0.2) is 5.82 Å². The zero-order valence-electron chi connectivity index (χ0n) is 12.7. The number of carbonyl (C=O) groups is 1. The quantitative estimate of drug-likeness (QED) is 0.774. The van der Waals surface area contributed by atoms with Crippen LogP contribution in [0.3, 0.4) is 0 Å². The minimum absolute atomic E-state index is 0.0950. The van der Waals surface area contributed by atoms with Crippen molar-refractivity contribution in [1.82, 2.24) is 19.9 Å². The van der Waals surface area contributed by atoms with E-state index in [9.17, 15) is 4.79 Å². The first-order valence-corrected chi connectivity index (χ1v) is 6.56. The van der Waals surface area contributed by atoms with Crippen LogP contribution in [-0.2, 0) is 11.2 Å². The second-order valence-corrected chi connectivity index (χ2v) is 5.35. The maximum Gasteiger partial charge on any atom is 0.239 e. The summed E-state index contributed by atoms with van der Waals surface area (Å²) in [6, 6.07) is -0.124. The van der Waals surface area contributed by atoms with Gasteiger partial charge in [0.25, 0.3) is 0 Å². The summed E-state index contributed by atoms with van der Waals surface area (Å²) in [6.45, 7) is 6.50. The number of amides is 1. The van der Waals surface area contributed by atoms with Gasteiger partial charge in [-0.3, -0.25) is 9.69 Å². The number of nitrogens with zero attached hydrogens (tertiary/aromatic N) is 4. The molecule has 0 aliphatic heterocycles. The van der Waals surface area contributed by atoms with Gasteiger partial charge in [-0.1, -0.05) is 19.0 Å². The van der Waals surface area contributed by atoms with Crippen LogP contribution in [0.25, 0.3) is 0 Å². The molecule has 108 valence electrons. The van der Waals surface area contributed by atoms with Crippen molar-refractivity contribution in [2.75, 3.05) is 27.7 Å². The molecule has 1 amide bonds. The second kappa shape index (κ2) is 6.65. The zero-order chi connectivity index (χ0) is 14.6. The molecule has 6 heteroatoms. The van der Waals surface area contributed by atoms with E-state index in [0.717, 1.165) is 0 Å². The molecule has 0 bridgehead atoms. The average Bonchev–Trinajstić information content (AvgIpc) is 2.82. The predicted octanol–water partition coefficient (Wildman–Crippen LogP) is 1.14. The topological polar surface area (TPSA) is 62.5 Å². The molecular weight excluding hydrogens is 244 g/mol. The van der Waals surface area contributed by atoms with Crippen molar-refractivity contribution in [2.24, 2.45) is 0 Å². The molecule has 0 saturated carbocycles. The molecule has 0 unspecified atom stereocenters. The first-order chi connectivity index (χ1) is 8.82. The van der Waals surface area contributed by atoms with E-state index in [1.54, 1.807) is 11.9 Å². The highest BCUT2D eigenvalue weighted by molar-refractivity contribution is 5.81. The lowest BCUT2D eigenvalue weighted by Gasteiger charge is -2.25. The van der Waals surface area contributed by atoms with Crippen LogP contribution in [0.5, 0.6) is 0 Å². The molecule has 0 fully saturated rings. The molecule has 1 aromatic heterocycles. The van der Waals surface area contributed by atoms with Crippen LogP contribution in [0.1, 0.15) is 38.4 Å². The van der Waals surface area contributed by atoms with Crippen molar-refractivity contribution in [3.05, 3.63) is 11.7 Å². The Kier molecular flexibility index (Phi) is 5.47. The Balaban J connectivity index is 2.49. The SMILES string of the molecule is CC(C)c1nc(CCN(C)C(=O)[C@@H](C)N(C)C)no1. The first-order valence-electron chi connectivity index (χ1n) is 6.56. The summed E-state index contributed by atoms with van der Waals surface area (Å²) in [5.41, 5.74) is 0. The summed E-state index contributed by atoms with van der Waals surface area (Å²) >= 11 is 0. The first kappa shape index (κ1) is 15.6. The van der Waals surface area contributed by atoms with E-state index in [4.69, 9.17) is 4.52 Å². The fourth-order valence-corrected chi connectivity index (χ4v) is 1.52. The van der Waals surface area contributed by atoms with E-state index in [-0.39, 0.29) is 17.9 Å². The molecule has 19 heavy (non-hydrogen) atoms. The molecule has 0 spiro atoms. The fraction of sp³-hybridized carbons (Fsp3) is 0.769. The maximum atomic E-state index is 12.0. The smallest absolute Gasteiger partial charge is 0.239 e. The van der Waals surface area contributed by atoms with Gasteiger partial charge in [0.1, 0.15) is 0 Å². The maximum absolute atomic E-state index is 12.0. The Bertz CT molecular complexity index is 415. The third-order valence-corrected chi connectivity index (χ3v) is 3.16. The van der Waals surface area contributed by atoms with Crippen molar-refractivity contribution in [3.8, 4) is 0 Å². The van der Waals surface area contributed by atoms with E-state index >= 15 is 0 Å². The Morgan fingerprint density at radius 3 is 2.37 bits per heavy atom. The van der Waals surface area contributed by atoms with Crippen LogP contribution in [-0.4, -0.2) is 59.6 Å². The van der Waals surface area contributed by atoms with Gasteiger partial charge in [-0.25, -0.2) is 0 Å². The van der Waals surface area contributed by atoms with Crippen molar-refractivity contribution in [3.63, 3.8) is 0 Å². The highest BCUT2D eigenvalue weighted by Gasteiger charge is 2.19. The van der Waals surface area contributed by atoms with E-state index in [2.05, 4.69) is 10.1 Å². The fourth-order valence-electron chi connectivity index (χ4n) is 1.52. The lowest BCUT2D eigenvalue weighted by molar-refractivity contribution is -0.134. The Morgan fingerprint density at radius 1 is 1.26 bits per heavy atom. The summed E-state index contributed by atoms with van der Waals surface area (Å²) in [5, 5.41) is 3.91. The number of likely N-dealkylation sites (N-methyl/N-ethyl adjacent to an activating group) is 2. The van der Waals surface area contributed by atoms with Crippen LogP contribution >= 0.6 is 0 Å². The van der Waals surface area contributed by atoms with Crippen LogP contribution in [0.2, 0.25) is 0 Å². The lowest BCUT2D eigenvalue weighted by Crippen LogP contribution is -2.43. The van der Waals surface area contributed by atoms with E-state index < -0.39 is 0 Å². The normalized spacial score (nSPS) is 13.1. The molecule has 1 rings (SSSR count). The molecule has 6 nitrogen and oxygen atoms in total. The van der Waals surface area contributed by atoms with Gasteiger partial charge >= 0.3 is 0 Å². The monoisotopic (exact) mass is 268 g/mol. The van der Waals surface area contributed by atoms with Gasteiger partial charge in [-0.05, 0) is 21.0 Å². The van der Waals surface area contributed by atoms with Crippen molar-refractivity contribution < 1.29 is 9.32 Å². The zero-order valence-corrected chi connectivity index (χ0v) is 12.7. The van der Waals surface area contributed by atoms with Gasteiger partial charge < -0.3 is 9.42 Å². The molecule has 0 N–H and O–H groups in total. The minimum Gasteiger partial charge on any atom is -0.344 e. The summed E-state index contributed by atoms with van der Waals surface area (Å²) in [5.74, 6) is 1.62.